The van der Waals surface area contributed by atoms with Crippen LogP contribution in [0.2, 0.25) is 0 Å². The highest BCUT2D eigenvalue weighted by molar-refractivity contribution is 7.22. The number of nitrogens with one attached hydrogen (secondary N) is 1. The van der Waals surface area contributed by atoms with Crippen LogP contribution < -0.4 is 15.0 Å². The number of hydrogen-bond acceptors (Lipinski definition) is 6. The Morgan fingerprint density at radius 3 is 2.67 bits per heavy atom. The minimum absolute atomic E-state index is 0.924. The first-order chi connectivity index (χ1) is 13.2. The number of para-hydroxylation sites is 3. The fourth-order valence-corrected chi connectivity index (χ4v) is 4.56. The third-order valence-corrected chi connectivity index (χ3v) is 6.10. The molecule has 0 amide bonds. The van der Waals surface area contributed by atoms with Gasteiger partial charge in [-0.15, -0.1) is 0 Å². The largest absolute Gasteiger partial charge is 0.495 e. The quantitative estimate of drug-likeness (QED) is 0.701. The fraction of sp³-hybridized carbons (Fsp3) is 0.381. The molecule has 6 heteroatoms. The van der Waals surface area contributed by atoms with Gasteiger partial charge in [0.2, 0.25) is 0 Å². The summed E-state index contributed by atoms with van der Waals surface area (Å²) in [5, 5.41) is 4.52. The summed E-state index contributed by atoms with van der Waals surface area (Å²) in [4.78, 5) is 9.66. The van der Waals surface area contributed by atoms with Crippen LogP contribution in [0.15, 0.2) is 42.5 Å². The van der Waals surface area contributed by atoms with E-state index in [4.69, 9.17) is 9.72 Å². The van der Waals surface area contributed by atoms with E-state index in [1.807, 2.05) is 12.1 Å². The third-order valence-electron chi connectivity index (χ3n) is 5.12. The van der Waals surface area contributed by atoms with Crippen LogP contribution in [0.1, 0.15) is 5.56 Å². The second kappa shape index (κ2) is 8.15. The number of aromatic nitrogens is 1. The van der Waals surface area contributed by atoms with Gasteiger partial charge in [-0.05, 0) is 30.7 Å². The number of benzene rings is 2. The molecule has 1 aliphatic rings. The van der Waals surface area contributed by atoms with Gasteiger partial charge in [-0.2, -0.15) is 0 Å². The zero-order valence-electron chi connectivity index (χ0n) is 15.9. The van der Waals surface area contributed by atoms with Crippen LogP contribution in [0, 0.1) is 6.92 Å². The molecule has 0 saturated carbocycles. The molecule has 1 aromatic heterocycles. The molecule has 3 aromatic rings. The number of fused-ring (bicyclic) bond motifs is 1. The molecule has 0 aliphatic carbocycles. The summed E-state index contributed by atoms with van der Waals surface area (Å²) in [6.45, 7) is 8.27. The smallest absolute Gasteiger partial charge is 0.183 e. The Kier molecular flexibility index (Phi) is 5.45. The predicted octanol–water partition coefficient (Wildman–Crippen LogP) is 3.85. The zero-order chi connectivity index (χ0) is 18.6. The molecular formula is C21H26N4OS. The van der Waals surface area contributed by atoms with Crippen molar-refractivity contribution < 1.29 is 4.74 Å². The van der Waals surface area contributed by atoms with Gasteiger partial charge in [0.05, 0.1) is 23.0 Å². The lowest BCUT2D eigenvalue weighted by Gasteiger charge is -2.36. The van der Waals surface area contributed by atoms with Crippen LogP contribution in [-0.4, -0.2) is 56.3 Å². The van der Waals surface area contributed by atoms with Gasteiger partial charge in [0.25, 0.3) is 0 Å². The molecule has 0 bridgehead atoms. The molecule has 1 N–H and O–H groups in total. The van der Waals surface area contributed by atoms with E-state index in [9.17, 15) is 0 Å². The molecule has 1 aliphatic heterocycles. The highest BCUT2D eigenvalue weighted by Crippen LogP contribution is 2.29. The number of nitrogens with zero attached hydrogens (tertiary/aromatic N) is 3. The second-order valence-corrected chi connectivity index (χ2v) is 7.90. The monoisotopic (exact) mass is 382 g/mol. The lowest BCUT2D eigenvalue weighted by atomic mass is 10.2. The Balaban J connectivity index is 1.27. The van der Waals surface area contributed by atoms with Gasteiger partial charge in [0.1, 0.15) is 5.75 Å². The number of hydrogen-bond donors (Lipinski definition) is 1. The first-order valence-electron chi connectivity index (χ1n) is 9.45. The molecule has 142 valence electrons. The van der Waals surface area contributed by atoms with Crippen molar-refractivity contribution in [2.45, 2.75) is 6.92 Å². The Hall–Kier alpha value is -2.31. The average molecular weight is 383 g/mol. The third kappa shape index (κ3) is 4.01. The molecule has 0 radical (unpaired) electrons. The Morgan fingerprint density at radius 1 is 1.07 bits per heavy atom. The van der Waals surface area contributed by atoms with E-state index in [2.05, 4.69) is 52.4 Å². The topological polar surface area (TPSA) is 40.6 Å². The molecule has 0 spiro atoms. The minimum Gasteiger partial charge on any atom is -0.495 e. The van der Waals surface area contributed by atoms with E-state index in [0.717, 1.165) is 55.7 Å². The van der Waals surface area contributed by atoms with Crippen LogP contribution in [0.4, 0.5) is 10.8 Å². The fourth-order valence-electron chi connectivity index (χ4n) is 3.59. The van der Waals surface area contributed by atoms with Crippen LogP contribution >= 0.6 is 11.3 Å². The lowest BCUT2D eigenvalue weighted by molar-refractivity contribution is 0.266. The number of anilines is 2. The number of thiazole rings is 1. The van der Waals surface area contributed by atoms with Crippen molar-refractivity contribution in [1.29, 1.82) is 0 Å². The van der Waals surface area contributed by atoms with Crippen molar-refractivity contribution in [1.82, 2.24) is 9.88 Å². The molecule has 4 rings (SSSR count). The van der Waals surface area contributed by atoms with Gasteiger partial charge in [-0.1, -0.05) is 35.6 Å². The van der Waals surface area contributed by atoms with Gasteiger partial charge in [0.15, 0.2) is 5.13 Å². The van der Waals surface area contributed by atoms with E-state index < -0.39 is 0 Å². The van der Waals surface area contributed by atoms with Crippen molar-refractivity contribution in [2.75, 3.05) is 56.6 Å². The Labute approximate surface area is 164 Å². The van der Waals surface area contributed by atoms with E-state index in [0.29, 0.717) is 0 Å². The molecule has 0 unspecified atom stereocenters. The first-order valence-corrected chi connectivity index (χ1v) is 10.3. The summed E-state index contributed by atoms with van der Waals surface area (Å²) < 4.78 is 6.75. The Bertz CT molecular complexity index is 902. The molecule has 1 fully saturated rings. The van der Waals surface area contributed by atoms with Crippen LogP contribution in [0.5, 0.6) is 5.75 Å². The number of methoxy groups -OCH3 is 1. The standard InChI is InChI=1S/C21H26N4OS/c1-16-6-5-9-19-20(16)23-21(27-19)22-10-11-24-12-14-25(15-13-24)17-7-3-4-8-18(17)26-2/h3-9H,10-15H2,1-2H3,(H,22,23). The summed E-state index contributed by atoms with van der Waals surface area (Å²) in [6.07, 6.45) is 0. The van der Waals surface area contributed by atoms with Gasteiger partial charge in [-0.25, -0.2) is 4.98 Å². The maximum absolute atomic E-state index is 5.50. The molecule has 1 saturated heterocycles. The molecule has 5 nitrogen and oxygen atoms in total. The maximum Gasteiger partial charge on any atom is 0.183 e. The average Bonchev–Trinajstić information content (AvgIpc) is 3.13. The van der Waals surface area contributed by atoms with Crippen molar-refractivity contribution >= 4 is 32.4 Å². The van der Waals surface area contributed by atoms with E-state index >= 15 is 0 Å². The summed E-state index contributed by atoms with van der Waals surface area (Å²) in [5.74, 6) is 0.957. The Morgan fingerprint density at radius 2 is 1.89 bits per heavy atom. The van der Waals surface area contributed by atoms with Crippen molar-refractivity contribution in [2.24, 2.45) is 0 Å². The van der Waals surface area contributed by atoms with E-state index in [-0.39, 0.29) is 0 Å². The van der Waals surface area contributed by atoms with Gasteiger partial charge >= 0.3 is 0 Å². The molecule has 27 heavy (non-hydrogen) atoms. The van der Waals surface area contributed by atoms with E-state index in [1.54, 1.807) is 18.4 Å². The van der Waals surface area contributed by atoms with Gasteiger partial charge in [-0.3, -0.25) is 4.90 Å². The summed E-state index contributed by atoms with van der Waals surface area (Å²) in [5.41, 5.74) is 3.56. The number of ether oxygens (including phenoxy) is 1. The minimum atomic E-state index is 0.924. The predicted molar refractivity (Wildman–Crippen MR) is 114 cm³/mol. The second-order valence-electron chi connectivity index (χ2n) is 6.87. The highest BCUT2D eigenvalue weighted by Gasteiger charge is 2.19. The molecule has 0 atom stereocenters. The molecular weight excluding hydrogens is 356 g/mol. The first kappa shape index (κ1) is 18.1. The van der Waals surface area contributed by atoms with Crippen molar-refractivity contribution in [3.8, 4) is 5.75 Å². The number of aryl methyl sites for hydroxylation is 1. The molecule has 2 aromatic carbocycles. The molecule has 2 heterocycles. The number of piperazine rings is 1. The highest BCUT2D eigenvalue weighted by atomic mass is 32.1. The number of rotatable bonds is 6. The normalized spacial score (nSPS) is 15.3. The van der Waals surface area contributed by atoms with Crippen LogP contribution in [0.3, 0.4) is 0 Å². The van der Waals surface area contributed by atoms with Crippen molar-refractivity contribution in [3.63, 3.8) is 0 Å². The summed E-state index contributed by atoms with van der Waals surface area (Å²) in [7, 11) is 1.74. The van der Waals surface area contributed by atoms with Crippen molar-refractivity contribution in [3.05, 3.63) is 48.0 Å². The maximum atomic E-state index is 5.50. The summed E-state index contributed by atoms with van der Waals surface area (Å²) >= 11 is 1.74. The van der Waals surface area contributed by atoms with Crippen LogP contribution in [0.25, 0.3) is 10.2 Å². The lowest BCUT2D eigenvalue weighted by Crippen LogP contribution is -2.47. The van der Waals surface area contributed by atoms with Crippen LogP contribution in [-0.2, 0) is 0 Å². The SMILES string of the molecule is COc1ccccc1N1CCN(CCNc2nc3c(C)cccc3s2)CC1. The summed E-state index contributed by atoms with van der Waals surface area (Å²) in [6, 6.07) is 14.6. The van der Waals surface area contributed by atoms with Gasteiger partial charge < -0.3 is 15.0 Å². The van der Waals surface area contributed by atoms with Gasteiger partial charge in [0, 0.05) is 39.3 Å². The van der Waals surface area contributed by atoms with E-state index in [1.165, 1.54) is 16.0 Å². The zero-order valence-corrected chi connectivity index (χ0v) is 16.8.